The molecule has 2 fully saturated rings. The number of amides is 1. The van der Waals surface area contributed by atoms with Gasteiger partial charge in [0.25, 0.3) is 0 Å². The van der Waals surface area contributed by atoms with E-state index in [4.69, 9.17) is 0 Å². The van der Waals surface area contributed by atoms with Crippen LogP contribution in [0.3, 0.4) is 0 Å². The molecular weight excluding hydrogens is 340 g/mol. The summed E-state index contributed by atoms with van der Waals surface area (Å²) in [6.45, 7) is 12.2. The summed E-state index contributed by atoms with van der Waals surface area (Å²) < 4.78 is 1.86. The molecule has 2 aliphatic heterocycles. The lowest BCUT2D eigenvalue weighted by Gasteiger charge is -2.35. The zero-order chi connectivity index (χ0) is 19.2. The van der Waals surface area contributed by atoms with Gasteiger partial charge in [-0.05, 0) is 46.2 Å². The standard InChI is InChI=1S/C20H36N6O/c1-17(2)26-9-5-19(6-10-26)22-20(27)16-25-8-4-7-24(11-12-25)15-18-13-21-23(3)14-18/h13-14,17,19H,4-12,15-16H2,1-3H3,(H,22,27). The predicted molar refractivity (Wildman–Crippen MR) is 107 cm³/mol. The van der Waals surface area contributed by atoms with Crippen molar-refractivity contribution in [2.24, 2.45) is 7.05 Å². The number of nitrogens with one attached hydrogen (secondary N) is 1. The lowest BCUT2D eigenvalue weighted by Crippen LogP contribution is -2.49. The average molecular weight is 377 g/mol. The van der Waals surface area contributed by atoms with E-state index in [0.29, 0.717) is 18.6 Å². The zero-order valence-electron chi connectivity index (χ0n) is 17.2. The number of aromatic nitrogens is 2. The van der Waals surface area contributed by atoms with Crippen LogP contribution in [0.25, 0.3) is 0 Å². The van der Waals surface area contributed by atoms with E-state index in [2.05, 4.69) is 45.2 Å². The highest BCUT2D eigenvalue weighted by atomic mass is 16.2. The molecule has 3 heterocycles. The van der Waals surface area contributed by atoms with Crippen LogP contribution in [0, 0.1) is 0 Å². The highest BCUT2D eigenvalue weighted by Crippen LogP contribution is 2.13. The van der Waals surface area contributed by atoms with Crippen molar-refractivity contribution in [3.63, 3.8) is 0 Å². The SMILES string of the molecule is CC(C)N1CCC(NC(=O)CN2CCCN(Cc3cnn(C)c3)CC2)CC1. The number of aryl methyl sites for hydroxylation is 1. The summed E-state index contributed by atoms with van der Waals surface area (Å²) in [5, 5.41) is 7.52. The summed E-state index contributed by atoms with van der Waals surface area (Å²) in [6, 6.07) is 0.954. The minimum absolute atomic E-state index is 0.193. The highest BCUT2D eigenvalue weighted by molar-refractivity contribution is 5.78. The molecule has 1 amide bonds. The van der Waals surface area contributed by atoms with Crippen LogP contribution >= 0.6 is 0 Å². The van der Waals surface area contributed by atoms with Crippen molar-refractivity contribution in [3.05, 3.63) is 18.0 Å². The van der Waals surface area contributed by atoms with Gasteiger partial charge in [-0.2, -0.15) is 5.10 Å². The number of hydrogen-bond donors (Lipinski definition) is 1. The fourth-order valence-electron chi connectivity index (χ4n) is 4.19. The first-order valence-corrected chi connectivity index (χ1v) is 10.5. The van der Waals surface area contributed by atoms with Crippen molar-refractivity contribution < 1.29 is 4.79 Å². The molecule has 1 aromatic heterocycles. The van der Waals surface area contributed by atoms with Gasteiger partial charge in [0, 0.05) is 63.6 Å². The first-order valence-electron chi connectivity index (χ1n) is 10.5. The lowest BCUT2D eigenvalue weighted by atomic mass is 10.0. The van der Waals surface area contributed by atoms with Crippen molar-refractivity contribution in [1.82, 2.24) is 29.8 Å². The fraction of sp³-hybridized carbons (Fsp3) is 0.800. The van der Waals surface area contributed by atoms with Crippen LogP contribution in [0.15, 0.2) is 12.4 Å². The zero-order valence-corrected chi connectivity index (χ0v) is 17.2. The van der Waals surface area contributed by atoms with Crippen LogP contribution in [0.1, 0.15) is 38.7 Å². The molecule has 0 unspecified atom stereocenters. The summed E-state index contributed by atoms with van der Waals surface area (Å²) in [4.78, 5) is 19.8. The third kappa shape index (κ3) is 6.30. The average Bonchev–Trinajstić information content (AvgIpc) is 2.91. The normalized spacial score (nSPS) is 21.5. The van der Waals surface area contributed by atoms with E-state index in [-0.39, 0.29) is 5.91 Å². The maximum atomic E-state index is 12.5. The molecule has 152 valence electrons. The number of rotatable bonds is 6. The second kappa shape index (κ2) is 9.66. The van der Waals surface area contributed by atoms with Crippen molar-refractivity contribution in [3.8, 4) is 0 Å². The molecule has 1 aromatic rings. The number of hydrogen-bond acceptors (Lipinski definition) is 5. The molecule has 0 radical (unpaired) electrons. The largest absolute Gasteiger partial charge is 0.352 e. The Bertz CT molecular complexity index is 593. The van der Waals surface area contributed by atoms with Gasteiger partial charge < -0.3 is 10.2 Å². The molecule has 7 nitrogen and oxygen atoms in total. The highest BCUT2D eigenvalue weighted by Gasteiger charge is 2.23. The van der Waals surface area contributed by atoms with Crippen LogP contribution in [0.2, 0.25) is 0 Å². The van der Waals surface area contributed by atoms with Gasteiger partial charge in [-0.1, -0.05) is 0 Å². The Kier molecular flexibility index (Phi) is 7.26. The molecule has 2 saturated heterocycles. The van der Waals surface area contributed by atoms with E-state index < -0.39 is 0 Å². The Balaban J connectivity index is 1.37. The van der Waals surface area contributed by atoms with Gasteiger partial charge >= 0.3 is 0 Å². The van der Waals surface area contributed by atoms with E-state index >= 15 is 0 Å². The van der Waals surface area contributed by atoms with Gasteiger partial charge in [0.15, 0.2) is 0 Å². The molecule has 27 heavy (non-hydrogen) atoms. The lowest BCUT2D eigenvalue weighted by molar-refractivity contribution is -0.123. The van der Waals surface area contributed by atoms with Gasteiger partial charge in [-0.3, -0.25) is 19.3 Å². The van der Waals surface area contributed by atoms with Gasteiger partial charge in [-0.15, -0.1) is 0 Å². The molecule has 1 N–H and O–H groups in total. The van der Waals surface area contributed by atoms with Gasteiger partial charge in [-0.25, -0.2) is 0 Å². The number of nitrogens with zero attached hydrogens (tertiary/aromatic N) is 5. The third-order valence-corrected chi connectivity index (χ3v) is 5.84. The van der Waals surface area contributed by atoms with Crippen molar-refractivity contribution in [2.75, 3.05) is 45.8 Å². The van der Waals surface area contributed by atoms with E-state index in [1.54, 1.807) is 0 Å². The summed E-state index contributed by atoms with van der Waals surface area (Å²) in [5.74, 6) is 0.193. The first kappa shape index (κ1) is 20.3. The predicted octanol–water partition coefficient (Wildman–Crippen LogP) is 0.917. The minimum Gasteiger partial charge on any atom is -0.352 e. The molecule has 0 aromatic carbocycles. The summed E-state index contributed by atoms with van der Waals surface area (Å²) in [6.07, 6.45) is 7.29. The van der Waals surface area contributed by atoms with Crippen molar-refractivity contribution >= 4 is 5.91 Å². The number of piperidine rings is 1. The van der Waals surface area contributed by atoms with Gasteiger partial charge in [0.05, 0.1) is 12.7 Å². The molecule has 0 bridgehead atoms. The fourth-order valence-corrected chi connectivity index (χ4v) is 4.19. The van der Waals surface area contributed by atoms with Crippen LogP contribution in [0.5, 0.6) is 0 Å². The van der Waals surface area contributed by atoms with Crippen molar-refractivity contribution in [2.45, 2.75) is 51.7 Å². The quantitative estimate of drug-likeness (QED) is 0.800. The Morgan fingerprint density at radius 1 is 1.15 bits per heavy atom. The summed E-state index contributed by atoms with van der Waals surface area (Å²) in [5.41, 5.74) is 1.26. The third-order valence-electron chi connectivity index (χ3n) is 5.84. The van der Waals surface area contributed by atoms with E-state index in [1.807, 2.05) is 17.9 Å². The topological polar surface area (TPSA) is 56.6 Å². The molecule has 3 rings (SSSR count). The maximum Gasteiger partial charge on any atom is 0.234 e. The molecule has 0 saturated carbocycles. The second-order valence-corrected chi connectivity index (χ2v) is 8.40. The summed E-state index contributed by atoms with van der Waals surface area (Å²) >= 11 is 0. The van der Waals surface area contributed by atoms with Crippen molar-refractivity contribution in [1.29, 1.82) is 0 Å². The van der Waals surface area contributed by atoms with Crippen LogP contribution in [0.4, 0.5) is 0 Å². The Labute approximate surface area is 163 Å². The van der Waals surface area contributed by atoms with Crippen LogP contribution in [-0.4, -0.2) is 88.3 Å². The Morgan fingerprint density at radius 2 is 1.85 bits per heavy atom. The molecule has 2 aliphatic rings. The maximum absolute atomic E-state index is 12.5. The second-order valence-electron chi connectivity index (χ2n) is 8.40. The molecule has 0 aliphatic carbocycles. The molecular formula is C20H36N6O. The van der Waals surface area contributed by atoms with Gasteiger partial charge in [0.1, 0.15) is 0 Å². The van der Waals surface area contributed by atoms with E-state index in [0.717, 1.165) is 65.1 Å². The van der Waals surface area contributed by atoms with E-state index in [1.165, 1.54) is 5.56 Å². The Hall–Kier alpha value is -1.44. The molecule has 0 atom stereocenters. The minimum atomic E-state index is 0.193. The number of carbonyl (C=O) groups excluding carboxylic acids is 1. The molecule has 7 heteroatoms. The monoisotopic (exact) mass is 376 g/mol. The summed E-state index contributed by atoms with van der Waals surface area (Å²) in [7, 11) is 1.96. The van der Waals surface area contributed by atoms with Gasteiger partial charge in [0.2, 0.25) is 5.91 Å². The van der Waals surface area contributed by atoms with Crippen LogP contribution in [-0.2, 0) is 18.4 Å². The smallest absolute Gasteiger partial charge is 0.234 e. The van der Waals surface area contributed by atoms with E-state index in [9.17, 15) is 4.79 Å². The Morgan fingerprint density at radius 3 is 2.52 bits per heavy atom. The number of carbonyl (C=O) groups is 1. The number of likely N-dealkylation sites (tertiary alicyclic amines) is 1. The first-order chi connectivity index (χ1) is 13.0. The molecule has 0 spiro atoms. The van der Waals surface area contributed by atoms with Crippen LogP contribution < -0.4 is 5.32 Å².